The van der Waals surface area contributed by atoms with Crippen molar-refractivity contribution >= 4 is 28.9 Å². The van der Waals surface area contributed by atoms with Crippen LogP contribution in [0.5, 0.6) is 0 Å². The van der Waals surface area contributed by atoms with E-state index < -0.39 is 17.5 Å². The number of aliphatic hydroxyl groups is 1. The Morgan fingerprint density at radius 2 is 1.82 bits per heavy atom. The van der Waals surface area contributed by atoms with Crippen LogP contribution in [0.2, 0.25) is 0 Å². The molecule has 238 valence electrons. The van der Waals surface area contributed by atoms with Crippen LogP contribution in [0.1, 0.15) is 95.5 Å². The summed E-state index contributed by atoms with van der Waals surface area (Å²) in [4.78, 5) is 36.6. The number of esters is 1. The number of ether oxygens (including phenoxy) is 2. The number of cyclic esters (lactones) is 1. The van der Waals surface area contributed by atoms with Crippen LogP contribution in [0, 0.1) is 25.7 Å². The van der Waals surface area contributed by atoms with Gasteiger partial charge in [0.2, 0.25) is 5.71 Å². The maximum atomic E-state index is 13.5. The molecule has 7 nitrogen and oxygen atoms in total. The van der Waals surface area contributed by atoms with Crippen molar-refractivity contribution in [3.8, 4) is 0 Å². The molecule has 0 spiro atoms. The molecular formula is C37H50NO6+. The molecule has 3 heterocycles. The van der Waals surface area contributed by atoms with Crippen LogP contribution < -0.4 is 0 Å². The molecule has 0 saturated carbocycles. The molecule has 6 rings (SSSR count). The van der Waals surface area contributed by atoms with Crippen LogP contribution in [-0.2, 0) is 36.7 Å². The number of carbonyl (C=O) groups excluding carboxylic acids is 3. The van der Waals surface area contributed by atoms with E-state index in [4.69, 9.17) is 9.47 Å². The summed E-state index contributed by atoms with van der Waals surface area (Å²) in [5.74, 6) is -1.10. The van der Waals surface area contributed by atoms with Crippen molar-refractivity contribution in [2.75, 3.05) is 19.8 Å². The lowest BCUT2D eigenvalue weighted by atomic mass is 9.75. The Labute approximate surface area is 262 Å². The van der Waals surface area contributed by atoms with Gasteiger partial charge in [0.15, 0.2) is 17.9 Å². The van der Waals surface area contributed by atoms with Gasteiger partial charge < -0.3 is 14.6 Å². The fourth-order valence-electron chi connectivity index (χ4n) is 6.70. The van der Waals surface area contributed by atoms with Gasteiger partial charge in [0, 0.05) is 17.6 Å². The summed E-state index contributed by atoms with van der Waals surface area (Å²) in [6.07, 6.45) is 9.42. The SMILES string of the molecule is CC.CC(C)OCC(=O)C(C)C.Cc1cc2c3c(c1C)CCC/C3=C1\C[N+]3=C(C=C4C(COC(=O)C4(C)O)C3=O)\C1=C\CC2. The van der Waals surface area contributed by atoms with E-state index >= 15 is 0 Å². The molecular weight excluding hydrogens is 554 g/mol. The summed E-state index contributed by atoms with van der Waals surface area (Å²) in [6.45, 7) is 18.3. The van der Waals surface area contributed by atoms with Gasteiger partial charge >= 0.3 is 11.9 Å². The average molecular weight is 605 g/mol. The molecule has 2 atom stereocenters. The third-order valence-corrected chi connectivity index (χ3v) is 9.32. The molecule has 5 aliphatic rings. The number of aryl methyl sites for hydroxylation is 2. The van der Waals surface area contributed by atoms with E-state index in [-0.39, 0.29) is 36.9 Å². The number of benzene rings is 1. The molecule has 2 aliphatic carbocycles. The van der Waals surface area contributed by atoms with Gasteiger partial charge in [-0.1, -0.05) is 39.8 Å². The fraction of sp³-hybridized carbons (Fsp3) is 0.568. The van der Waals surface area contributed by atoms with Crippen molar-refractivity contribution in [2.45, 2.75) is 106 Å². The standard InChI is InChI=1S/C27H28NO4.C8H16O2.C2H6/c1-14-10-16-6-4-8-18-20(19-9-5-7-17(15(14)2)24(16)19)12-28-23(18)11-22-21(25(28)29)13-32-26(30)27(22,3)31;1-6(2)8(9)5-10-7(3)4;1-2/h8,10-11,21,31H,4-7,9,12-13H2,1-3H3;6-7H,5H2,1-4H3;1-2H3/q+1;;/b18-8+,20-19-;;. The van der Waals surface area contributed by atoms with Crippen molar-refractivity contribution in [1.82, 2.24) is 0 Å². The second kappa shape index (κ2) is 13.5. The number of hydrogen-bond donors (Lipinski definition) is 1. The van der Waals surface area contributed by atoms with E-state index in [1.807, 2.05) is 52.2 Å². The second-order valence-corrected chi connectivity index (χ2v) is 12.9. The third kappa shape index (κ3) is 6.18. The van der Waals surface area contributed by atoms with Crippen LogP contribution in [0.15, 0.2) is 34.9 Å². The van der Waals surface area contributed by atoms with Crippen molar-refractivity contribution in [3.05, 3.63) is 62.8 Å². The molecule has 44 heavy (non-hydrogen) atoms. The summed E-state index contributed by atoms with van der Waals surface area (Å²) in [7, 11) is 0. The smallest absolute Gasteiger partial charge is 0.398 e. The predicted octanol–water partition coefficient (Wildman–Crippen LogP) is 5.79. The highest BCUT2D eigenvalue weighted by atomic mass is 16.6. The lowest BCUT2D eigenvalue weighted by Gasteiger charge is -2.34. The molecule has 1 aromatic rings. The van der Waals surface area contributed by atoms with Crippen molar-refractivity contribution in [1.29, 1.82) is 0 Å². The quantitative estimate of drug-likeness (QED) is 0.346. The normalized spacial score (nSPS) is 26.3. The van der Waals surface area contributed by atoms with Gasteiger partial charge in [-0.05, 0) is 106 Å². The second-order valence-electron chi connectivity index (χ2n) is 12.9. The van der Waals surface area contributed by atoms with Gasteiger partial charge in [-0.15, -0.1) is 0 Å². The Morgan fingerprint density at radius 3 is 2.48 bits per heavy atom. The average Bonchev–Trinajstić information content (AvgIpc) is 3.35. The number of rotatable bonds is 4. The summed E-state index contributed by atoms with van der Waals surface area (Å²) in [6, 6.07) is 2.36. The zero-order valence-electron chi connectivity index (χ0n) is 28.1. The number of hydrogen-bond acceptors (Lipinski definition) is 6. The minimum atomic E-state index is -1.77. The molecule has 1 amide bonds. The molecule has 7 heteroatoms. The summed E-state index contributed by atoms with van der Waals surface area (Å²) < 4.78 is 12.1. The number of nitrogens with zero attached hydrogens (tertiary/aromatic N) is 1. The Morgan fingerprint density at radius 1 is 1.11 bits per heavy atom. The van der Waals surface area contributed by atoms with Gasteiger partial charge in [0.1, 0.15) is 19.1 Å². The Balaban J connectivity index is 0.000000317. The summed E-state index contributed by atoms with van der Waals surface area (Å²) >= 11 is 0. The molecule has 3 aliphatic heterocycles. The maximum absolute atomic E-state index is 13.5. The number of allylic oxidation sites excluding steroid dienone is 3. The zero-order chi connectivity index (χ0) is 32.5. The van der Waals surface area contributed by atoms with Crippen LogP contribution in [0.4, 0.5) is 0 Å². The van der Waals surface area contributed by atoms with E-state index in [9.17, 15) is 19.5 Å². The van der Waals surface area contributed by atoms with E-state index in [0.717, 1.165) is 43.4 Å². The fourth-order valence-corrected chi connectivity index (χ4v) is 6.70. The van der Waals surface area contributed by atoms with Crippen LogP contribution in [0.25, 0.3) is 5.57 Å². The zero-order valence-corrected chi connectivity index (χ0v) is 28.1. The highest BCUT2D eigenvalue weighted by Gasteiger charge is 2.55. The lowest BCUT2D eigenvalue weighted by molar-refractivity contribution is -0.439. The van der Waals surface area contributed by atoms with Crippen LogP contribution >= 0.6 is 0 Å². The maximum Gasteiger partial charge on any atom is 0.398 e. The molecule has 2 unspecified atom stereocenters. The first kappa shape index (κ1) is 33.7. The lowest BCUT2D eigenvalue weighted by Crippen LogP contribution is -2.53. The first-order chi connectivity index (χ1) is 20.8. The number of Topliss-reactive ketones (excluding diaryl/α,β-unsaturated/α-hetero) is 1. The number of ketones is 1. The Hall–Kier alpha value is -3.16. The van der Waals surface area contributed by atoms with E-state index in [0.29, 0.717) is 12.1 Å². The van der Waals surface area contributed by atoms with Gasteiger partial charge in [-0.2, -0.15) is 4.58 Å². The Bertz CT molecular complexity index is 1480. The number of fused-ring (bicyclic) bond motifs is 3. The first-order valence-corrected chi connectivity index (χ1v) is 16.3. The first-order valence-electron chi connectivity index (χ1n) is 16.3. The van der Waals surface area contributed by atoms with E-state index in [1.54, 1.807) is 0 Å². The van der Waals surface area contributed by atoms with Crippen LogP contribution in [0.3, 0.4) is 0 Å². The van der Waals surface area contributed by atoms with Gasteiger partial charge in [-0.25, -0.2) is 9.59 Å². The van der Waals surface area contributed by atoms with Crippen LogP contribution in [-0.4, -0.2) is 64.5 Å². The molecule has 1 N–H and O–H groups in total. The van der Waals surface area contributed by atoms with Gasteiger partial charge in [-0.3, -0.25) is 4.79 Å². The number of carbonyl (C=O) groups is 3. The molecule has 0 aromatic heterocycles. The summed E-state index contributed by atoms with van der Waals surface area (Å²) in [5.41, 5.74) is 10.3. The molecule has 1 aromatic carbocycles. The minimum absolute atomic E-state index is 0.000163. The van der Waals surface area contributed by atoms with Gasteiger partial charge in [0.05, 0.1) is 11.7 Å². The monoisotopic (exact) mass is 604 g/mol. The third-order valence-electron chi connectivity index (χ3n) is 9.32. The molecule has 0 radical (unpaired) electrons. The van der Waals surface area contributed by atoms with E-state index in [1.165, 1.54) is 45.9 Å². The summed E-state index contributed by atoms with van der Waals surface area (Å²) in [5, 5.41) is 10.8. The van der Waals surface area contributed by atoms with E-state index in [2.05, 4.69) is 26.0 Å². The highest BCUT2D eigenvalue weighted by molar-refractivity contribution is 6.16. The molecule has 1 fully saturated rings. The predicted molar refractivity (Wildman–Crippen MR) is 173 cm³/mol. The number of amides is 1. The Kier molecular flexibility index (Phi) is 10.3. The molecule has 0 bridgehead atoms. The largest absolute Gasteiger partial charge is 0.462 e. The van der Waals surface area contributed by atoms with Crippen molar-refractivity contribution in [2.24, 2.45) is 11.8 Å². The minimum Gasteiger partial charge on any atom is -0.462 e. The van der Waals surface area contributed by atoms with Crippen molar-refractivity contribution < 1.29 is 33.5 Å². The highest BCUT2D eigenvalue weighted by Crippen LogP contribution is 2.45. The molecule has 1 saturated heterocycles. The topological polar surface area (TPSA) is 92.9 Å². The van der Waals surface area contributed by atoms with Gasteiger partial charge in [0.25, 0.3) is 0 Å². The van der Waals surface area contributed by atoms with Crippen molar-refractivity contribution in [3.63, 3.8) is 0 Å².